The molecule has 0 spiro atoms. The Bertz CT molecular complexity index is 616. The summed E-state index contributed by atoms with van der Waals surface area (Å²) < 4.78 is 0. The number of aromatic amines is 1. The van der Waals surface area contributed by atoms with Crippen molar-refractivity contribution in [3.05, 3.63) is 39.8 Å². The summed E-state index contributed by atoms with van der Waals surface area (Å²) >= 11 is 0. The van der Waals surface area contributed by atoms with Crippen LogP contribution >= 0.6 is 0 Å². The Balaban J connectivity index is 2.64. The molecule has 0 aliphatic rings. The predicted molar refractivity (Wildman–Crippen MR) is 58.4 cm³/mol. The van der Waals surface area contributed by atoms with Crippen molar-refractivity contribution in [3.8, 4) is 0 Å². The number of aryl methyl sites for hydroxylation is 1. The van der Waals surface area contributed by atoms with Crippen LogP contribution in [0.5, 0.6) is 0 Å². The van der Waals surface area contributed by atoms with Crippen molar-refractivity contribution in [2.45, 2.75) is 13.3 Å². The number of aromatic nitrogens is 2. The molecule has 0 atom stereocenters. The normalized spacial score (nSPS) is 10.6. The molecule has 1 heterocycles. The van der Waals surface area contributed by atoms with E-state index in [4.69, 9.17) is 5.11 Å². The fourth-order valence-corrected chi connectivity index (χ4v) is 1.49. The van der Waals surface area contributed by atoms with Crippen molar-refractivity contribution in [2.24, 2.45) is 0 Å². The van der Waals surface area contributed by atoms with Crippen LogP contribution in [0.25, 0.3) is 11.0 Å². The molecule has 82 valence electrons. The highest BCUT2D eigenvalue weighted by Crippen LogP contribution is 2.09. The summed E-state index contributed by atoms with van der Waals surface area (Å²) in [6.07, 6.45) is -0.362. The number of rotatable bonds is 2. The van der Waals surface area contributed by atoms with Crippen molar-refractivity contribution >= 4 is 17.0 Å². The van der Waals surface area contributed by atoms with Crippen LogP contribution in [0.15, 0.2) is 23.0 Å². The Morgan fingerprint density at radius 2 is 2.25 bits per heavy atom. The molecular formula is C11H10N2O3. The summed E-state index contributed by atoms with van der Waals surface area (Å²) in [4.78, 5) is 28.7. The number of fused-ring (bicyclic) bond motifs is 1. The summed E-state index contributed by atoms with van der Waals surface area (Å²) in [5, 5.41) is 8.63. The number of carbonyl (C=O) groups is 1. The topological polar surface area (TPSA) is 83.0 Å². The predicted octanol–water partition coefficient (Wildman–Crippen LogP) is 0.859. The summed E-state index contributed by atoms with van der Waals surface area (Å²) in [6.45, 7) is 1.91. The fourth-order valence-electron chi connectivity index (χ4n) is 1.49. The van der Waals surface area contributed by atoms with Crippen LogP contribution in [0.4, 0.5) is 0 Å². The molecule has 16 heavy (non-hydrogen) atoms. The molecule has 0 unspecified atom stereocenters. The standard InChI is InChI=1S/C11H10N2O3/c1-6-2-3-7-8(4-6)12-9(5-10(14)15)11(16)13-7/h2-4H,5H2,1H3,(H,13,16)(H,14,15). The van der Waals surface area contributed by atoms with Gasteiger partial charge in [-0.25, -0.2) is 4.98 Å². The summed E-state index contributed by atoms with van der Waals surface area (Å²) in [7, 11) is 0. The van der Waals surface area contributed by atoms with Gasteiger partial charge in [0, 0.05) is 0 Å². The van der Waals surface area contributed by atoms with E-state index in [-0.39, 0.29) is 12.1 Å². The maximum Gasteiger partial charge on any atom is 0.309 e. The third-order valence-electron chi connectivity index (χ3n) is 2.24. The Labute approximate surface area is 90.8 Å². The fraction of sp³-hybridized carbons (Fsp3) is 0.182. The second-order valence-electron chi connectivity index (χ2n) is 3.60. The van der Waals surface area contributed by atoms with Gasteiger partial charge in [-0.15, -0.1) is 0 Å². The third-order valence-corrected chi connectivity index (χ3v) is 2.24. The lowest BCUT2D eigenvalue weighted by Crippen LogP contribution is -2.18. The molecule has 1 aromatic heterocycles. The van der Waals surface area contributed by atoms with E-state index in [0.29, 0.717) is 11.0 Å². The first-order valence-electron chi connectivity index (χ1n) is 4.77. The highest BCUT2D eigenvalue weighted by Gasteiger charge is 2.08. The maximum absolute atomic E-state index is 11.5. The number of H-pyrrole nitrogens is 1. The number of aliphatic carboxylic acids is 1. The van der Waals surface area contributed by atoms with Gasteiger partial charge in [-0.3, -0.25) is 9.59 Å². The van der Waals surface area contributed by atoms with Crippen molar-refractivity contribution in [2.75, 3.05) is 0 Å². The number of carboxylic acids is 1. The summed E-state index contributed by atoms with van der Waals surface area (Å²) in [5.74, 6) is -1.06. The average Bonchev–Trinajstić information content (AvgIpc) is 2.19. The first kappa shape index (κ1) is 10.4. The van der Waals surface area contributed by atoms with Crippen LogP contribution in [-0.4, -0.2) is 21.0 Å². The van der Waals surface area contributed by atoms with Gasteiger partial charge >= 0.3 is 5.97 Å². The monoisotopic (exact) mass is 218 g/mol. The molecule has 0 radical (unpaired) electrons. The van der Waals surface area contributed by atoms with E-state index in [2.05, 4.69) is 9.97 Å². The number of nitrogens with zero attached hydrogens (tertiary/aromatic N) is 1. The van der Waals surface area contributed by atoms with E-state index >= 15 is 0 Å². The van der Waals surface area contributed by atoms with Gasteiger partial charge in [-0.05, 0) is 24.6 Å². The lowest BCUT2D eigenvalue weighted by Gasteiger charge is -2.01. The molecule has 0 bridgehead atoms. The number of carboxylic acid groups (broad SMARTS) is 1. The Morgan fingerprint density at radius 1 is 1.50 bits per heavy atom. The third kappa shape index (κ3) is 1.93. The molecule has 2 N–H and O–H groups in total. The molecule has 0 aliphatic carbocycles. The van der Waals surface area contributed by atoms with Gasteiger partial charge in [0.15, 0.2) is 0 Å². The molecule has 5 nitrogen and oxygen atoms in total. The number of nitrogens with one attached hydrogen (secondary N) is 1. The minimum Gasteiger partial charge on any atom is -0.481 e. The maximum atomic E-state index is 11.5. The van der Waals surface area contributed by atoms with Gasteiger partial charge in [0.2, 0.25) is 0 Å². The summed E-state index contributed by atoms with van der Waals surface area (Å²) in [6, 6.07) is 5.41. The van der Waals surface area contributed by atoms with Crippen LogP contribution in [0.1, 0.15) is 11.3 Å². The van der Waals surface area contributed by atoms with Crippen LogP contribution in [0.2, 0.25) is 0 Å². The SMILES string of the molecule is Cc1ccc2[nH]c(=O)c(CC(=O)O)nc2c1. The van der Waals surface area contributed by atoms with Gasteiger partial charge in [0.1, 0.15) is 5.69 Å². The molecule has 0 fully saturated rings. The minimum atomic E-state index is -1.06. The number of benzene rings is 1. The first-order chi connectivity index (χ1) is 7.56. The molecule has 5 heteroatoms. The molecule has 0 saturated carbocycles. The van der Waals surface area contributed by atoms with E-state index in [0.717, 1.165) is 5.56 Å². The second kappa shape index (κ2) is 3.77. The number of hydrogen-bond acceptors (Lipinski definition) is 3. The van der Waals surface area contributed by atoms with E-state index in [1.54, 1.807) is 12.1 Å². The van der Waals surface area contributed by atoms with Crippen LogP contribution < -0.4 is 5.56 Å². The van der Waals surface area contributed by atoms with Crippen molar-refractivity contribution < 1.29 is 9.90 Å². The highest BCUT2D eigenvalue weighted by atomic mass is 16.4. The van der Waals surface area contributed by atoms with E-state index in [9.17, 15) is 9.59 Å². The highest BCUT2D eigenvalue weighted by molar-refractivity contribution is 5.76. The molecule has 2 rings (SSSR count). The van der Waals surface area contributed by atoms with E-state index in [1.807, 2.05) is 13.0 Å². The first-order valence-corrected chi connectivity index (χ1v) is 4.77. The van der Waals surface area contributed by atoms with Gasteiger partial charge in [0.05, 0.1) is 17.5 Å². The molecule has 2 aromatic rings. The van der Waals surface area contributed by atoms with Crippen molar-refractivity contribution in [1.29, 1.82) is 0 Å². The number of hydrogen-bond donors (Lipinski definition) is 2. The summed E-state index contributed by atoms with van der Waals surface area (Å²) in [5.41, 5.74) is 1.82. The lowest BCUT2D eigenvalue weighted by molar-refractivity contribution is -0.136. The van der Waals surface area contributed by atoms with E-state index < -0.39 is 11.5 Å². The molecule has 1 aromatic carbocycles. The van der Waals surface area contributed by atoms with Gasteiger partial charge in [-0.1, -0.05) is 6.07 Å². The minimum absolute atomic E-state index is 0.0330. The Morgan fingerprint density at radius 3 is 2.94 bits per heavy atom. The van der Waals surface area contributed by atoms with Gasteiger partial charge in [0.25, 0.3) is 5.56 Å². The van der Waals surface area contributed by atoms with Crippen LogP contribution in [-0.2, 0) is 11.2 Å². The average molecular weight is 218 g/mol. The Hall–Kier alpha value is -2.17. The largest absolute Gasteiger partial charge is 0.481 e. The van der Waals surface area contributed by atoms with Gasteiger partial charge in [-0.2, -0.15) is 0 Å². The van der Waals surface area contributed by atoms with Crippen molar-refractivity contribution in [1.82, 2.24) is 9.97 Å². The second-order valence-corrected chi connectivity index (χ2v) is 3.60. The molecule has 0 aliphatic heterocycles. The zero-order valence-electron chi connectivity index (χ0n) is 8.65. The van der Waals surface area contributed by atoms with Crippen LogP contribution in [0, 0.1) is 6.92 Å². The zero-order valence-corrected chi connectivity index (χ0v) is 8.65. The van der Waals surface area contributed by atoms with Crippen molar-refractivity contribution in [3.63, 3.8) is 0 Å². The molecule has 0 saturated heterocycles. The smallest absolute Gasteiger partial charge is 0.309 e. The Kier molecular flexibility index (Phi) is 2.44. The zero-order chi connectivity index (χ0) is 11.7. The molecular weight excluding hydrogens is 208 g/mol. The molecule has 0 amide bonds. The lowest BCUT2D eigenvalue weighted by atomic mass is 10.2. The van der Waals surface area contributed by atoms with Gasteiger partial charge < -0.3 is 10.1 Å². The van der Waals surface area contributed by atoms with Crippen LogP contribution in [0.3, 0.4) is 0 Å². The quantitative estimate of drug-likeness (QED) is 0.783. The van der Waals surface area contributed by atoms with E-state index in [1.165, 1.54) is 0 Å².